The summed E-state index contributed by atoms with van der Waals surface area (Å²) in [6.07, 6.45) is 3.82. The van der Waals surface area contributed by atoms with Crippen LogP contribution in [0.3, 0.4) is 0 Å². The van der Waals surface area contributed by atoms with Gasteiger partial charge in [0.25, 0.3) is 0 Å². The van der Waals surface area contributed by atoms with Gasteiger partial charge in [-0.3, -0.25) is 4.68 Å². The molecule has 1 rings (SSSR count). The van der Waals surface area contributed by atoms with E-state index in [0.29, 0.717) is 6.04 Å². The number of hydrogen-bond donors (Lipinski definition) is 1. The molecule has 0 fully saturated rings. The van der Waals surface area contributed by atoms with E-state index in [4.69, 9.17) is 5.73 Å². The average molecular weight is 153 g/mol. The minimum Gasteiger partial charge on any atom is -0.324 e. The van der Waals surface area contributed by atoms with E-state index < -0.39 is 0 Å². The van der Waals surface area contributed by atoms with Gasteiger partial charge in [0.1, 0.15) is 0 Å². The second kappa shape index (κ2) is 3.05. The summed E-state index contributed by atoms with van der Waals surface area (Å²) in [6, 6.07) is 0.505. The third kappa shape index (κ3) is 1.80. The van der Waals surface area contributed by atoms with Crippen molar-refractivity contribution in [2.24, 2.45) is 5.73 Å². The Bertz CT molecular complexity index is 202. The zero-order chi connectivity index (χ0) is 8.43. The summed E-state index contributed by atoms with van der Waals surface area (Å²) < 4.78 is 1.92. The molecule has 1 atom stereocenters. The van der Waals surface area contributed by atoms with Crippen molar-refractivity contribution in [2.75, 3.05) is 0 Å². The third-order valence-corrected chi connectivity index (χ3v) is 1.68. The SMILES string of the molecule is CC(C)n1cc([C@@H](C)N)cn1. The van der Waals surface area contributed by atoms with Crippen LogP contribution in [0.2, 0.25) is 0 Å². The van der Waals surface area contributed by atoms with Crippen LogP contribution in [0.15, 0.2) is 12.4 Å². The second-order valence-electron chi connectivity index (χ2n) is 3.14. The van der Waals surface area contributed by atoms with Crippen molar-refractivity contribution in [3.63, 3.8) is 0 Å². The Balaban J connectivity index is 2.82. The molecule has 62 valence electrons. The fraction of sp³-hybridized carbons (Fsp3) is 0.625. The Labute approximate surface area is 67.2 Å². The van der Waals surface area contributed by atoms with Crippen molar-refractivity contribution in [1.29, 1.82) is 0 Å². The van der Waals surface area contributed by atoms with Gasteiger partial charge in [0, 0.05) is 23.8 Å². The number of hydrogen-bond acceptors (Lipinski definition) is 2. The first-order valence-corrected chi connectivity index (χ1v) is 3.91. The Morgan fingerprint density at radius 1 is 1.45 bits per heavy atom. The Morgan fingerprint density at radius 3 is 2.36 bits per heavy atom. The molecule has 3 heteroatoms. The van der Waals surface area contributed by atoms with Crippen molar-refractivity contribution < 1.29 is 0 Å². The molecular weight excluding hydrogens is 138 g/mol. The summed E-state index contributed by atoms with van der Waals surface area (Å²) in [7, 11) is 0. The van der Waals surface area contributed by atoms with E-state index in [-0.39, 0.29) is 6.04 Å². The highest BCUT2D eigenvalue weighted by Gasteiger charge is 2.03. The zero-order valence-corrected chi connectivity index (χ0v) is 7.28. The molecule has 1 heterocycles. The first-order valence-electron chi connectivity index (χ1n) is 3.91. The maximum atomic E-state index is 5.67. The molecule has 2 N–H and O–H groups in total. The Hall–Kier alpha value is -0.830. The van der Waals surface area contributed by atoms with E-state index in [1.165, 1.54) is 0 Å². The molecule has 0 aliphatic carbocycles. The van der Waals surface area contributed by atoms with Crippen LogP contribution < -0.4 is 5.73 Å². The molecule has 0 aromatic carbocycles. The zero-order valence-electron chi connectivity index (χ0n) is 7.28. The molecule has 1 aromatic heterocycles. The number of nitrogens with zero attached hydrogens (tertiary/aromatic N) is 2. The maximum Gasteiger partial charge on any atom is 0.0537 e. The lowest BCUT2D eigenvalue weighted by molar-refractivity contribution is 0.531. The summed E-state index contributed by atoms with van der Waals surface area (Å²) >= 11 is 0. The lowest BCUT2D eigenvalue weighted by Gasteiger charge is -2.03. The highest BCUT2D eigenvalue weighted by molar-refractivity contribution is 5.08. The molecule has 0 aliphatic heterocycles. The molecule has 1 aromatic rings. The molecule has 0 aliphatic rings. The monoisotopic (exact) mass is 153 g/mol. The van der Waals surface area contributed by atoms with Crippen LogP contribution in [0, 0.1) is 0 Å². The molecule has 0 saturated heterocycles. The van der Waals surface area contributed by atoms with Gasteiger partial charge < -0.3 is 5.73 Å². The summed E-state index contributed by atoms with van der Waals surface area (Å²) in [5, 5.41) is 4.17. The minimum atomic E-state index is 0.0856. The average Bonchev–Trinajstić information content (AvgIpc) is 2.33. The fourth-order valence-electron chi connectivity index (χ4n) is 0.870. The summed E-state index contributed by atoms with van der Waals surface area (Å²) in [5.41, 5.74) is 6.77. The Kier molecular flexibility index (Phi) is 2.29. The molecule has 0 unspecified atom stereocenters. The van der Waals surface area contributed by atoms with E-state index >= 15 is 0 Å². The lowest BCUT2D eigenvalue weighted by Crippen LogP contribution is -2.04. The van der Waals surface area contributed by atoms with E-state index in [0.717, 1.165) is 5.56 Å². The van der Waals surface area contributed by atoms with Crippen molar-refractivity contribution >= 4 is 0 Å². The quantitative estimate of drug-likeness (QED) is 0.699. The molecule has 0 amide bonds. The number of nitrogens with two attached hydrogens (primary N) is 1. The van der Waals surface area contributed by atoms with Crippen molar-refractivity contribution in [2.45, 2.75) is 32.9 Å². The van der Waals surface area contributed by atoms with Crippen LogP contribution in [0.5, 0.6) is 0 Å². The van der Waals surface area contributed by atoms with Gasteiger partial charge in [0.2, 0.25) is 0 Å². The molecule has 3 nitrogen and oxygen atoms in total. The second-order valence-corrected chi connectivity index (χ2v) is 3.14. The van der Waals surface area contributed by atoms with Gasteiger partial charge in [-0.05, 0) is 20.8 Å². The van der Waals surface area contributed by atoms with E-state index in [1.54, 1.807) is 0 Å². The van der Waals surface area contributed by atoms with Gasteiger partial charge >= 0.3 is 0 Å². The smallest absolute Gasteiger partial charge is 0.0537 e. The fourth-order valence-corrected chi connectivity index (χ4v) is 0.870. The lowest BCUT2D eigenvalue weighted by atomic mass is 10.2. The van der Waals surface area contributed by atoms with E-state index in [1.807, 2.05) is 24.0 Å². The van der Waals surface area contributed by atoms with E-state index in [9.17, 15) is 0 Å². The van der Waals surface area contributed by atoms with Crippen molar-refractivity contribution in [3.05, 3.63) is 18.0 Å². The summed E-state index contributed by atoms with van der Waals surface area (Å²) in [6.45, 7) is 6.15. The first kappa shape index (κ1) is 8.27. The summed E-state index contributed by atoms with van der Waals surface area (Å²) in [4.78, 5) is 0. The van der Waals surface area contributed by atoms with Crippen molar-refractivity contribution in [3.8, 4) is 0 Å². The number of rotatable bonds is 2. The normalized spacial score (nSPS) is 13.9. The van der Waals surface area contributed by atoms with Crippen LogP contribution >= 0.6 is 0 Å². The summed E-state index contributed by atoms with van der Waals surface area (Å²) in [5.74, 6) is 0. The highest BCUT2D eigenvalue weighted by atomic mass is 15.3. The molecule has 0 bridgehead atoms. The van der Waals surface area contributed by atoms with Crippen LogP contribution in [-0.4, -0.2) is 9.78 Å². The molecular formula is C8H15N3. The van der Waals surface area contributed by atoms with Gasteiger partial charge in [-0.25, -0.2) is 0 Å². The van der Waals surface area contributed by atoms with Crippen LogP contribution in [0.1, 0.15) is 38.4 Å². The topological polar surface area (TPSA) is 43.8 Å². The highest BCUT2D eigenvalue weighted by Crippen LogP contribution is 2.10. The molecule has 11 heavy (non-hydrogen) atoms. The standard InChI is InChI=1S/C8H15N3/c1-6(2)11-5-8(4-10-11)7(3)9/h4-7H,9H2,1-3H3/t7-/m1/s1. The molecule has 0 spiro atoms. The van der Waals surface area contributed by atoms with E-state index in [2.05, 4.69) is 18.9 Å². The van der Waals surface area contributed by atoms with Gasteiger partial charge in [0.15, 0.2) is 0 Å². The van der Waals surface area contributed by atoms with Gasteiger partial charge in [-0.15, -0.1) is 0 Å². The predicted octanol–water partition coefficient (Wildman–Crippen LogP) is 1.48. The van der Waals surface area contributed by atoms with Crippen LogP contribution in [0.4, 0.5) is 0 Å². The predicted molar refractivity (Wildman–Crippen MR) is 45.2 cm³/mol. The molecule has 0 saturated carbocycles. The van der Waals surface area contributed by atoms with Crippen LogP contribution in [0.25, 0.3) is 0 Å². The first-order chi connectivity index (χ1) is 5.11. The van der Waals surface area contributed by atoms with Crippen LogP contribution in [-0.2, 0) is 0 Å². The third-order valence-electron chi connectivity index (χ3n) is 1.68. The maximum absolute atomic E-state index is 5.67. The minimum absolute atomic E-state index is 0.0856. The van der Waals surface area contributed by atoms with Gasteiger partial charge in [-0.1, -0.05) is 0 Å². The van der Waals surface area contributed by atoms with Gasteiger partial charge in [0.05, 0.1) is 6.20 Å². The molecule has 0 radical (unpaired) electrons. The van der Waals surface area contributed by atoms with Crippen molar-refractivity contribution in [1.82, 2.24) is 9.78 Å². The van der Waals surface area contributed by atoms with Gasteiger partial charge in [-0.2, -0.15) is 5.10 Å². The Morgan fingerprint density at radius 2 is 2.09 bits per heavy atom. The largest absolute Gasteiger partial charge is 0.324 e. The number of aromatic nitrogens is 2.